The summed E-state index contributed by atoms with van der Waals surface area (Å²) in [6.45, 7) is 1.16. The predicted molar refractivity (Wildman–Crippen MR) is 90.4 cm³/mol. The number of oxazole rings is 1. The average molecular weight is 382 g/mol. The van der Waals surface area contributed by atoms with E-state index in [-0.39, 0.29) is 23.8 Å². The summed E-state index contributed by atoms with van der Waals surface area (Å²) >= 11 is 0. The van der Waals surface area contributed by atoms with Crippen molar-refractivity contribution in [2.45, 2.75) is 25.3 Å². The van der Waals surface area contributed by atoms with Crippen LogP contribution in [0, 0.1) is 5.82 Å². The van der Waals surface area contributed by atoms with Crippen molar-refractivity contribution in [3.63, 3.8) is 0 Å². The quantitative estimate of drug-likeness (QED) is 0.827. The van der Waals surface area contributed by atoms with Crippen LogP contribution in [0.1, 0.15) is 28.9 Å². The lowest BCUT2D eigenvalue weighted by molar-refractivity contribution is -0.0145. The van der Waals surface area contributed by atoms with Gasteiger partial charge in [0.25, 0.3) is 12.3 Å². The molecule has 2 heterocycles. The second kappa shape index (κ2) is 7.39. The number of nitrogens with two attached hydrogens (primary N) is 1. The van der Waals surface area contributed by atoms with Gasteiger partial charge in [-0.1, -0.05) is 6.92 Å². The Kier molecular flexibility index (Phi) is 5.17. The first-order valence-corrected chi connectivity index (χ1v) is 8.11. The number of amides is 1. The number of ether oxygens (including phenoxy) is 1. The van der Waals surface area contributed by atoms with Crippen LogP contribution in [0.2, 0.25) is 0 Å². The van der Waals surface area contributed by atoms with E-state index in [0.717, 1.165) is 12.1 Å². The van der Waals surface area contributed by atoms with Gasteiger partial charge in [-0.15, -0.1) is 0 Å². The number of amidine groups is 1. The van der Waals surface area contributed by atoms with Gasteiger partial charge < -0.3 is 20.2 Å². The Balaban J connectivity index is 1.94. The molecule has 27 heavy (non-hydrogen) atoms. The molecule has 0 saturated carbocycles. The van der Waals surface area contributed by atoms with Gasteiger partial charge in [0.1, 0.15) is 24.5 Å². The summed E-state index contributed by atoms with van der Waals surface area (Å²) < 4.78 is 52.1. The number of rotatable bonds is 5. The van der Waals surface area contributed by atoms with Gasteiger partial charge in [0, 0.05) is 17.7 Å². The van der Waals surface area contributed by atoms with Crippen LogP contribution in [0.5, 0.6) is 0 Å². The summed E-state index contributed by atoms with van der Waals surface area (Å²) in [7, 11) is 0. The van der Waals surface area contributed by atoms with Gasteiger partial charge in [0.2, 0.25) is 0 Å². The van der Waals surface area contributed by atoms with E-state index < -0.39 is 35.9 Å². The number of aryl methyl sites for hydroxylation is 1. The van der Waals surface area contributed by atoms with Gasteiger partial charge in [0.05, 0.1) is 6.61 Å². The number of carbonyl (C=O) groups excluding carboxylic acids is 1. The summed E-state index contributed by atoms with van der Waals surface area (Å²) in [5, 5.41) is 2.48. The maximum atomic E-state index is 14.4. The van der Waals surface area contributed by atoms with E-state index in [1.807, 2.05) is 6.92 Å². The maximum Gasteiger partial charge on any atom is 0.277 e. The van der Waals surface area contributed by atoms with Crippen molar-refractivity contribution in [2.75, 3.05) is 18.5 Å². The van der Waals surface area contributed by atoms with Crippen molar-refractivity contribution in [3.05, 3.63) is 47.4 Å². The highest BCUT2D eigenvalue weighted by atomic mass is 19.3. The average Bonchev–Trinajstić information content (AvgIpc) is 3.12. The second-order valence-corrected chi connectivity index (χ2v) is 5.95. The van der Waals surface area contributed by atoms with E-state index in [0.29, 0.717) is 12.3 Å². The number of carbonyl (C=O) groups is 1. The number of halogens is 3. The predicted octanol–water partition coefficient (Wildman–Crippen LogP) is 2.48. The Morgan fingerprint density at radius 1 is 1.44 bits per heavy atom. The van der Waals surface area contributed by atoms with E-state index in [2.05, 4.69) is 15.3 Å². The summed E-state index contributed by atoms with van der Waals surface area (Å²) in [5.41, 5.74) is 2.93. The highest BCUT2D eigenvalue weighted by molar-refractivity contribution is 6.02. The van der Waals surface area contributed by atoms with E-state index in [4.69, 9.17) is 14.9 Å². The zero-order chi connectivity index (χ0) is 19.6. The summed E-state index contributed by atoms with van der Waals surface area (Å²) in [5.74, 6) is -1.32. The summed E-state index contributed by atoms with van der Waals surface area (Å²) in [6.07, 6.45) is -1.39. The molecule has 1 atom stereocenters. The van der Waals surface area contributed by atoms with Gasteiger partial charge in [-0.2, -0.15) is 0 Å². The van der Waals surface area contributed by atoms with E-state index in [1.54, 1.807) is 0 Å². The molecule has 0 fully saturated rings. The maximum absolute atomic E-state index is 14.4. The number of hydrogen-bond acceptors (Lipinski definition) is 6. The SMILES string of the molecule is CCc1nc(C(=O)Nc2ccc(F)c([C@]3(C(F)F)COCC(N)=N3)c2)co1. The number of aromatic nitrogens is 1. The number of aliphatic imine (C=N–C) groups is 1. The number of hydrogen-bond donors (Lipinski definition) is 2. The Hall–Kier alpha value is -2.88. The molecule has 1 aromatic carbocycles. The zero-order valence-electron chi connectivity index (χ0n) is 14.3. The van der Waals surface area contributed by atoms with Crippen molar-refractivity contribution in [3.8, 4) is 0 Å². The second-order valence-electron chi connectivity index (χ2n) is 5.95. The normalized spacial score (nSPS) is 19.8. The van der Waals surface area contributed by atoms with Gasteiger partial charge in [-0.25, -0.2) is 18.2 Å². The Labute approximate surface area is 152 Å². The third-order valence-corrected chi connectivity index (χ3v) is 4.05. The first-order valence-electron chi connectivity index (χ1n) is 8.11. The van der Waals surface area contributed by atoms with Crippen molar-refractivity contribution in [1.29, 1.82) is 0 Å². The molecular formula is C17H17F3N4O3. The number of nitrogens with zero attached hydrogens (tertiary/aromatic N) is 2. The minimum atomic E-state index is -3.07. The molecule has 0 spiro atoms. The standard InChI is InChI=1S/C17H17F3N4O3/c1-2-14-23-12(6-27-14)15(25)22-9-3-4-11(18)10(5-9)17(16(19)20)8-26-7-13(21)24-17/h3-6,16H,2,7-8H2,1H3,(H2,21,24)(H,22,25)/t17-/m0/s1. The molecule has 0 radical (unpaired) electrons. The minimum absolute atomic E-state index is 0.0181. The van der Waals surface area contributed by atoms with E-state index in [1.165, 1.54) is 12.3 Å². The topological polar surface area (TPSA) is 103 Å². The Morgan fingerprint density at radius 2 is 2.22 bits per heavy atom. The molecule has 3 rings (SSSR count). The van der Waals surface area contributed by atoms with Gasteiger partial charge in [-0.3, -0.25) is 9.79 Å². The van der Waals surface area contributed by atoms with Crippen molar-refractivity contribution in [2.24, 2.45) is 10.7 Å². The molecule has 1 amide bonds. The zero-order valence-corrected chi connectivity index (χ0v) is 14.3. The largest absolute Gasteiger partial charge is 0.448 e. The lowest BCUT2D eigenvalue weighted by Gasteiger charge is -2.33. The number of nitrogens with one attached hydrogen (secondary N) is 1. The lowest BCUT2D eigenvalue weighted by Crippen LogP contribution is -2.45. The van der Waals surface area contributed by atoms with Crippen LogP contribution in [0.25, 0.3) is 0 Å². The van der Waals surface area contributed by atoms with Crippen molar-refractivity contribution >= 4 is 17.4 Å². The molecule has 0 saturated heterocycles. The van der Waals surface area contributed by atoms with Crippen LogP contribution in [-0.4, -0.2) is 36.4 Å². The molecule has 3 N–H and O–H groups in total. The van der Waals surface area contributed by atoms with Crippen LogP contribution in [-0.2, 0) is 16.7 Å². The highest BCUT2D eigenvalue weighted by Crippen LogP contribution is 2.37. The van der Waals surface area contributed by atoms with Gasteiger partial charge in [-0.05, 0) is 18.2 Å². The van der Waals surface area contributed by atoms with Crippen molar-refractivity contribution in [1.82, 2.24) is 4.98 Å². The smallest absolute Gasteiger partial charge is 0.277 e. The molecular weight excluding hydrogens is 365 g/mol. The fraction of sp³-hybridized carbons (Fsp3) is 0.353. The molecule has 10 heteroatoms. The highest BCUT2D eigenvalue weighted by Gasteiger charge is 2.46. The fourth-order valence-electron chi connectivity index (χ4n) is 2.71. The molecule has 1 aromatic heterocycles. The number of anilines is 1. The van der Waals surface area contributed by atoms with Crippen LogP contribution in [0.15, 0.2) is 33.9 Å². The van der Waals surface area contributed by atoms with Gasteiger partial charge in [0.15, 0.2) is 17.1 Å². The van der Waals surface area contributed by atoms with Crippen molar-refractivity contribution < 1.29 is 27.1 Å². The first kappa shape index (κ1) is 18.9. The van der Waals surface area contributed by atoms with Crippen LogP contribution in [0.4, 0.5) is 18.9 Å². The molecule has 1 aliphatic heterocycles. The molecule has 2 aromatic rings. The number of alkyl halides is 2. The third-order valence-electron chi connectivity index (χ3n) is 4.05. The third kappa shape index (κ3) is 3.65. The van der Waals surface area contributed by atoms with E-state index >= 15 is 0 Å². The molecule has 0 bridgehead atoms. The molecule has 1 aliphatic rings. The molecule has 0 unspecified atom stereocenters. The Bertz CT molecular complexity index is 884. The number of benzene rings is 1. The van der Waals surface area contributed by atoms with Crippen LogP contribution >= 0.6 is 0 Å². The first-order chi connectivity index (χ1) is 12.9. The van der Waals surface area contributed by atoms with Gasteiger partial charge >= 0.3 is 0 Å². The summed E-state index contributed by atoms with van der Waals surface area (Å²) in [6, 6.07) is 3.30. The van der Waals surface area contributed by atoms with E-state index in [9.17, 15) is 18.0 Å². The monoisotopic (exact) mass is 382 g/mol. The summed E-state index contributed by atoms with van der Waals surface area (Å²) in [4.78, 5) is 20.0. The molecule has 144 valence electrons. The molecule has 0 aliphatic carbocycles. The van der Waals surface area contributed by atoms with Crippen LogP contribution in [0.3, 0.4) is 0 Å². The lowest BCUT2D eigenvalue weighted by atomic mass is 9.90. The Morgan fingerprint density at radius 3 is 2.85 bits per heavy atom. The fourth-order valence-corrected chi connectivity index (χ4v) is 2.71. The molecule has 7 nitrogen and oxygen atoms in total. The minimum Gasteiger partial charge on any atom is -0.448 e. The van der Waals surface area contributed by atoms with Crippen LogP contribution < -0.4 is 11.1 Å².